The Morgan fingerprint density at radius 1 is 1.53 bits per heavy atom. The lowest BCUT2D eigenvalue weighted by atomic mass is 10.2. The highest BCUT2D eigenvalue weighted by atomic mass is 16.4. The Morgan fingerprint density at radius 3 is 2.79 bits per heavy atom. The zero-order chi connectivity index (χ0) is 14.3. The molecule has 1 heterocycles. The van der Waals surface area contributed by atoms with Crippen LogP contribution in [-0.2, 0) is 16.1 Å². The zero-order valence-corrected chi connectivity index (χ0v) is 11.3. The Bertz CT molecular complexity index is 403. The second-order valence-corrected chi connectivity index (χ2v) is 4.25. The Labute approximate surface area is 112 Å². The third-order valence-corrected chi connectivity index (χ3v) is 2.96. The van der Waals surface area contributed by atoms with E-state index in [0.717, 1.165) is 0 Å². The van der Waals surface area contributed by atoms with Gasteiger partial charge in [-0.1, -0.05) is 6.92 Å². The van der Waals surface area contributed by atoms with Crippen LogP contribution in [0.2, 0.25) is 0 Å². The van der Waals surface area contributed by atoms with Gasteiger partial charge in [0.15, 0.2) is 0 Å². The summed E-state index contributed by atoms with van der Waals surface area (Å²) in [5.74, 6) is -0.306. The molecular formula is C13H20N2O4. The number of nitrogens with zero attached hydrogens (tertiary/aromatic N) is 1. The van der Waals surface area contributed by atoms with Gasteiger partial charge in [0.2, 0.25) is 5.91 Å². The number of aliphatic carboxylic acids is 1. The van der Waals surface area contributed by atoms with Crippen molar-refractivity contribution in [3.63, 3.8) is 0 Å². The molecule has 0 aliphatic heterocycles. The van der Waals surface area contributed by atoms with Gasteiger partial charge in [0.25, 0.3) is 0 Å². The molecule has 0 saturated heterocycles. The number of furan rings is 1. The number of carbonyl (C=O) groups excluding carboxylic acids is 1. The van der Waals surface area contributed by atoms with Crippen LogP contribution in [0.4, 0.5) is 0 Å². The topological polar surface area (TPSA) is 82.8 Å². The molecule has 0 bridgehead atoms. The molecule has 1 atom stereocenters. The third-order valence-electron chi connectivity index (χ3n) is 2.96. The molecule has 1 aromatic heterocycles. The average Bonchev–Trinajstić information content (AvgIpc) is 2.89. The number of likely N-dealkylation sites (N-methyl/N-ethyl adjacent to an activating group) is 1. The van der Waals surface area contributed by atoms with Crippen molar-refractivity contribution in [1.29, 1.82) is 0 Å². The standard InChI is InChI=1S/C13H20N2O4/c1-3-15(7-6-12(16)17)10(2)13(18)14-9-11-5-4-8-19-11/h4-5,8,10H,3,6-7,9H2,1-2H3,(H,14,18)(H,16,17). The molecule has 0 aromatic carbocycles. The minimum absolute atomic E-state index is 0.0314. The highest BCUT2D eigenvalue weighted by molar-refractivity contribution is 5.81. The summed E-state index contributed by atoms with van der Waals surface area (Å²) in [6, 6.07) is 3.18. The highest BCUT2D eigenvalue weighted by Crippen LogP contribution is 2.03. The van der Waals surface area contributed by atoms with Gasteiger partial charge < -0.3 is 14.8 Å². The Kier molecular flexibility index (Phi) is 6.08. The summed E-state index contributed by atoms with van der Waals surface area (Å²) in [6.07, 6.45) is 1.58. The van der Waals surface area contributed by atoms with Crippen molar-refractivity contribution in [2.45, 2.75) is 32.9 Å². The highest BCUT2D eigenvalue weighted by Gasteiger charge is 2.20. The van der Waals surface area contributed by atoms with Crippen LogP contribution >= 0.6 is 0 Å². The second-order valence-electron chi connectivity index (χ2n) is 4.25. The van der Waals surface area contributed by atoms with Gasteiger partial charge in [0.1, 0.15) is 5.76 Å². The van der Waals surface area contributed by atoms with Crippen LogP contribution in [0.1, 0.15) is 26.0 Å². The predicted octanol–water partition coefficient (Wildman–Crippen LogP) is 1.08. The molecular weight excluding hydrogens is 248 g/mol. The molecule has 19 heavy (non-hydrogen) atoms. The van der Waals surface area contributed by atoms with E-state index < -0.39 is 5.97 Å². The SMILES string of the molecule is CCN(CCC(=O)O)C(C)C(=O)NCc1ccco1. The molecule has 0 radical (unpaired) electrons. The molecule has 1 unspecified atom stereocenters. The van der Waals surface area contributed by atoms with Crippen molar-refractivity contribution < 1.29 is 19.1 Å². The molecule has 6 nitrogen and oxygen atoms in total. The number of hydrogen-bond acceptors (Lipinski definition) is 4. The Balaban J connectivity index is 2.42. The molecule has 1 rings (SSSR count). The fraction of sp³-hybridized carbons (Fsp3) is 0.538. The summed E-state index contributed by atoms with van der Waals surface area (Å²) in [5, 5.41) is 11.4. The zero-order valence-electron chi connectivity index (χ0n) is 11.3. The van der Waals surface area contributed by atoms with Crippen molar-refractivity contribution in [2.75, 3.05) is 13.1 Å². The Morgan fingerprint density at radius 2 is 2.26 bits per heavy atom. The van der Waals surface area contributed by atoms with Crippen LogP contribution < -0.4 is 5.32 Å². The molecule has 1 amide bonds. The number of carboxylic acid groups (broad SMARTS) is 1. The molecule has 0 aliphatic carbocycles. The lowest BCUT2D eigenvalue weighted by Crippen LogP contribution is -2.45. The van der Waals surface area contributed by atoms with Gasteiger partial charge in [-0.15, -0.1) is 0 Å². The van der Waals surface area contributed by atoms with Crippen LogP contribution in [0, 0.1) is 0 Å². The van der Waals surface area contributed by atoms with E-state index in [1.165, 1.54) is 0 Å². The fourth-order valence-corrected chi connectivity index (χ4v) is 1.77. The smallest absolute Gasteiger partial charge is 0.304 e. The lowest BCUT2D eigenvalue weighted by Gasteiger charge is -2.26. The molecule has 0 fully saturated rings. The summed E-state index contributed by atoms with van der Waals surface area (Å²) in [5.41, 5.74) is 0. The molecule has 1 aromatic rings. The van der Waals surface area contributed by atoms with Gasteiger partial charge in [-0.3, -0.25) is 14.5 Å². The average molecular weight is 268 g/mol. The first-order valence-corrected chi connectivity index (χ1v) is 6.30. The maximum absolute atomic E-state index is 11.9. The maximum atomic E-state index is 11.9. The van der Waals surface area contributed by atoms with Gasteiger partial charge in [0.05, 0.1) is 25.3 Å². The lowest BCUT2D eigenvalue weighted by molar-refractivity contribution is -0.138. The van der Waals surface area contributed by atoms with Gasteiger partial charge in [-0.2, -0.15) is 0 Å². The van der Waals surface area contributed by atoms with E-state index >= 15 is 0 Å². The largest absolute Gasteiger partial charge is 0.481 e. The van der Waals surface area contributed by atoms with Crippen LogP contribution in [0.3, 0.4) is 0 Å². The normalized spacial score (nSPS) is 12.4. The van der Waals surface area contributed by atoms with Crippen LogP contribution in [0.5, 0.6) is 0 Å². The monoisotopic (exact) mass is 268 g/mol. The molecule has 2 N–H and O–H groups in total. The summed E-state index contributed by atoms with van der Waals surface area (Å²) in [7, 11) is 0. The van der Waals surface area contributed by atoms with Crippen LogP contribution in [0.25, 0.3) is 0 Å². The van der Waals surface area contributed by atoms with Gasteiger partial charge in [-0.05, 0) is 25.6 Å². The molecule has 106 valence electrons. The van der Waals surface area contributed by atoms with E-state index in [-0.39, 0.29) is 18.4 Å². The first-order chi connectivity index (χ1) is 9.04. The fourth-order valence-electron chi connectivity index (χ4n) is 1.77. The number of amides is 1. The molecule has 6 heteroatoms. The molecule has 0 saturated carbocycles. The van der Waals surface area contributed by atoms with E-state index in [9.17, 15) is 9.59 Å². The van der Waals surface area contributed by atoms with Gasteiger partial charge in [-0.25, -0.2) is 0 Å². The molecule has 0 aliphatic rings. The minimum Gasteiger partial charge on any atom is -0.481 e. The van der Waals surface area contributed by atoms with E-state index in [1.54, 1.807) is 25.3 Å². The summed E-state index contributed by atoms with van der Waals surface area (Å²) < 4.78 is 5.12. The first kappa shape index (κ1) is 15.2. The molecule has 0 spiro atoms. The van der Waals surface area contributed by atoms with Crippen LogP contribution in [0.15, 0.2) is 22.8 Å². The van der Waals surface area contributed by atoms with Gasteiger partial charge >= 0.3 is 5.97 Å². The van der Waals surface area contributed by atoms with Crippen molar-refractivity contribution in [3.05, 3.63) is 24.2 Å². The first-order valence-electron chi connectivity index (χ1n) is 6.30. The number of carboxylic acids is 1. The van der Waals surface area contributed by atoms with E-state index in [1.807, 2.05) is 11.8 Å². The number of hydrogen-bond donors (Lipinski definition) is 2. The summed E-state index contributed by atoms with van der Waals surface area (Å²) >= 11 is 0. The third kappa shape index (κ3) is 5.13. The van der Waals surface area contributed by atoms with Crippen LogP contribution in [-0.4, -0.2) is 41.0 Å². The van der Waals surface area contributed by atoms with Gasteiger partial charge in [0, 0.05) is 6.54 Å². The number of rotatable bonds is 8. The van der Waals surface area contributed by atoms with E-state index in [4.69, 9.17) is 9.52 Å². The van der Waals surface area contributed by atoms with E-state index in [2.05, 4.69) is 5.32 Å². The second kappa shape index (κ2) is 7.58. The number of nitrogens with one attached hydrogen (secondary N) is 1. The summed E-state index contributed by atoms with van der Waals surface area (Å²) in [6.45, 7) is 5.00. The maximum Gasteiger partial charge on any atom is 0.304 e. The van der Waals surface area contributed by atoms with Crippen molar-refractivity contribution in [3.8, 4) is 0 Å². The summed E-state index contributed by atoms with van der Waals surface area (Å²) in [4.78, 5) is 24.3. The minimum atomic E-state index is -0.860. The predicted molar refractivity (Wildman–Crippen MR) is 69.5 cm³/mol. The van der Waals surface area contributed by atoms with E-state index in [0.29, 0.717) is 25.4 Å². The quantitative estimate of drug-likeness (QED) is 0.737. The number of carbonyl (C=O) groups is 2. The van der Waals surface area contributed by atoms with Crippen molar-refractivity contribution in [1.82, 2.24) is 10.2 Å². The van der Waals surface area contributed by atoms with Crippen molar-refractivity contribution in [2.24, 2.45) is 0 Å². The Hall–Kier alpha value is -1.82. The van der Waals surface area contributed by atoms with Crippen molar-refractivity contribution >= 4 is 11.9 Å².